The van der Waals surface area contributed by atoms with Gasteiger partial charge in [0.1, 0.15) is 11.7 Å². The quantitative estimate of drug-likeness (QED) is 0.508. The fraction of sp³-hybridized carbons (Fsp3) is 0.806. The monoisotopic (exact) mass is 498 g/mol. The zero-order chi connectivity index (χ0) is 26.4. The van der Waals surface area contributed by atoms with E-state index in [0.29, 0.717) is 36.2 Å². The van der Waals surface area contributed by atoms with E-state index in [2.05, 4.69) is 20.8 Å². The van der Waals surface area contributed by atoms with E-state index in [4.69, 9.17) is 4.74 Å². The number of ketones is 1. The molecule has 3 saturated carbocycles. The molecule has 4 aliphatic carbocycles. The van der Waals surface area contributed by atoms with Gasteiger partial charge >= 0.3 is 5.97 Å². The van der Waals surface area contributed by atoms with Gasteiger partial charge in [-0.2, -0.15) is 0 Å². The molecular formula is C31H46O5. The van der Waals surface area contributed by atoms with Gasteiger partial charge in [-0.15, -0.1) is 0 Å². The van der Waals surface area contributed by atoms with E-state index in [1.165, 1.54) is 0 Å². The van der Waals surface area contributed by atoms with E-state index in [1.54, 1.807) is 13.0 Å². The lowest BCUT2D eigenvalue weighted by atomic mass is 9.49. The molecule has 0 aromatic rings. The second-order valence-corrected chi connectivity index (χ2v) is 13.6. The van der Waals surface area contributed by atoms with E-state index in [9.17, 15) is 19.8 Å². The summed E-state index contributed by atoms with van der Waals surface area (Å²) in [6.07, 6.45) is 8.92. The second kappa shape index (κ2) is 8.27. The van der Waals surface area contributed by atoms with Gasteiger partial charge in [0.25, 0.3) is 0 Å². The van der Waals surface area contributed by atoms with E-state index in [0.717, 1.165) is 37.7 Å². The van der Waals surface area contributed by atoms with Crippen LogP contribution in [0.25, 0.3) is 0 Å². The summed E-state index contributed by atoms with van der Waals surface area (Å²) in [7, 11) is 0. The van der Waals surface area contributed by atoms with Crippen LogP contribution in [0.3, 0.4) is 0 Å². The van der Waals surface area contributed by atoms with Gasteiger partial charge in [0.2, 0.25) is 0 Å². The molecule has 0 aromatic carbocycles. The van der Waals surface area contributed by atoms with Crippen LogP contribution in [0.1, 0.15) is 93.4 Å². The molecule has 5 nitrogen and oxygen atoms in total. The number of aliphatic hydroxyl groups is 2. The van der Waals surface area contributed by atoms with Crippen molar-refractivity contribution in [3.63, 3.8) is 0 Å². The number of carbonyl (C=O) groups is 2. The topological polar surface area (TPSA) is 83.8 Å². The summed E-state index contributed by atoms with van der Waals surface area (Å²) in [4.78, 5) is 26.0. The number of cyclic esters (lactones) is 1. The molecule has 5 unspecified atom stereocenters. The molecule has 0 saturated heterocycles. The van der Waals surface area contributed by atoms with Gasteiger partial charge in [-0.1, -0.05) is 38.8 Å². The zero-order valence-electron chi connectivity index (χ0n) is 23.3. The molecule has 0 bridgehead atoms. The molecule has 5 rings (SSSR count). The highest BCUT2D eigenvalue weighted by Gasteiger charge is 2.73. The standard InChI is InChI=1S/C31H46O5/c1-8-28(5)21(12-13-23(28)30(7,34)25-15-17(2)18(3)27(33)36-25)26-19(4)29(6)24(32)11-9-10-14-31(29,35)22-16-20(22)26/h9,11,19-23,25-26,34-35H,8,10,12-16H2,1-7H3/t19?,20-,21?,22+,23?,25?,26?,28+,29+,30+,31+/m1/s1. The van der Waals surface area contributed by atoms with Crippen LogP contribution in [0, 0.1) is 46.3 Å². The number of carbonyl (C=O) groups excluding carboxylic acids is 2. The summed E-state index contributed by atoms with van der Waals surface area (Å²) < 4.78 is 5.81. The maximum atomic E-state index is 13.5. The minimum Gasteiger partial charge on any atom is -0.456 e. The maximum absolute atomic E-state index is 13.5. The Hall–Kier alpha value is -1.46. The fourth-order valence-corrected chi connectivity index (χ4v) is 9.70. The van der Waals surface area contributed by atoms with E-state index in [1.807, 2.05) is 26.8 Å². The summed E-state index contributed by atoms with van der Waals surface area (Å²) in [5.41, 5.74) is -1.35. The predicted octanol–water partition coefficient (Wildman–Crippen LogP) is 5.39. The predicted molar refractivity (Wildman–Crippen MR) is 139 cm³/mol. The average Bonchev–Trinajstić information content (AvgIpc) is 3.57. The molecular weight excluding hydrogens is 452 g/mol. The fourth-order valence-electron chi connectivity index (χ4n) is 9.70. The lowest BCUT2D eigenvalue weighted by Gasteiger charge is -2.57. The Labute approximate surface area is 216 Å². The second-order valence-electron chi connectivity index (χ2n) is 13.6. The number of fused-ring (bicyclic) bond motifs is 3. The smallest absolute Gasteiger partial charge is 0.334 e. The molecule has 36 heavy (non-hydrogen) atoms. The molecule has 11 atom stereocenters. The van der Waals surface area contributed by atoms with Crippen molar-refractivity contribution in [2.24, 2.45) is 46.3 Å². The number of rotatable bonds is 4. The molecule has 1 aliphatic heterocycles. The third-order valence-corrected chi connectivity index (χ3v) is 12.5. The van der Waals surface area contributed by atoms with Gasteiger partial charge < -0.3 is 14.9 Å². The Morgan fingerprint density at radius 2 is 1.86 bits per heavy atom. The normalized spacial score (nSPS) is 50.2. The summed E-state index contributed by atoms with van der Waals surface area (Å²) >= 11 is 0. The SMILES string of the molecule is CC[C@@]1(C)C(C2C(C)[C@@]3(C)C(=O)C=CCC[C@]3(O)[C@H]3C[C@@H]23)CCC1[C@](C)(O)C1CC(C)=C(C)C(=O)O1. The van der Waals surface area contributed by atoms with Gasteiger partial charge in [0, 0.05) is 12.0 Å². The largest absolute Gasteiger partial charge is 0.456 e. The number of ether oxygens (including phenoxy) is 1. The number of hydrogen-bond acceptors (Lipinski definition) is 5. The van der Waals surface area contributed by atoms with Crippen LogP contribution in [0.15, 0.2) is 23.3 Å². The Morgan fingerprint density at radius 1 is 1.17 bits per heavy atom. The molecule has 3 fully saturated rings. The van der Waals surface area contributed by atoms with E-state index in [-0.39, 0.29) is 34.9 Å². The lowest BCUT2D eigenvalue weighted by molar-refractivity contribution is -0.188. The Balaban J connectivity index is 1.48. The Bertz CT molecular complexity index is 1020. The minimum atomic E-state index is -1.14. The van der Waals surface area contributed by atoms with Crippen molar-refractivity contribution in [2.45, 2.75) is 111 Å². The lowest BCUT2D eigenvalue weighted by Crippen LogP contribution is -2.62. The molecule has 0 aromatic heterocycles. The summed E-state index contributed by atoms with van der Waals surface area (Å²) in [5, 5.41) is 24.0. The van der Waals surface area contributed by atoms with Crippen molar-refractivity contribution in [2.75, 3.05) is 0 Å². The molecule has 200 valence electrons. The number of esters is 1. The van der Waals surface area contributed by atoms with Crippen molar-refractivity contribution in [3.8, 4) is 0 Å². The summed E-state index contributed by atoms with van der Waals surface area (Å²) in [6, 6.07) is 0. The highest BCUT2D eigenvalue weighted by atomic mass is 16.6. The first-order chi connectivity index (χ1) is 16.7. The van der Waals surface area contributed by atoms with Gasteiger partial charge in [-0.25, -0.2) is 4.79 Å². The van der Waals surface area contributed by atoms with E-state index < -0.39 is 22.7 Å². The van der Waals surface area contributed by atoms with Crippen molar-refractivity contribution >= 4 is 11.8 Å². The summed E-state index contributed by atoms with van der Waals surface area (Å²) in [6.45, 7) is 14.4. The van der Waals surface area contributed by atoms with E-state index >= 15 is 0 Å². The number of allylic oxidation sites excluding steroid dienone is 2. The minimum absolute atomic E-state index is 0.00764. The number of hydrogen-bond donors (Lipinski definition) is 2. The van der Waals surface area contributed by atoms with Crippen LogP contribution < -0.4 is 0 Å². The molecule has 0 radical (unpaired) electrons. The average molecular weight is 499 g/mol. The Kier molecular flexibility index (Phi) is 6.01. The first-order valence-corrected chi connectivity index (χ1v) is 14.3. The third-order valence-electron chi connectivity index (χ3n) is 12.5. The first kappa shape index (κ1) is 26.2. The van der Waals surface area contributed by atoms with Crippen LogP contribution in [-0.4, -0.2) is 39.3 Å². The Morgan fingerprint density at radius 3 is 2.50 bits per heavy atom. The highest BCUT2D eigenvalue weighted by molar-refractivity contribution is 5.96. The van der Waals surface area contributed by atoms with Crippen molar-refractivity contribution in [1.82, 2.24) is 0 Å². The van der Waals surface area contributed by atoms with Gasteiger partial charge in [0.05, 0.1) is 11.0 Å². The van der Waals surface area contributed by atoms with Gasteiger partial charge in [-0.3, -0.25) is 4.79 Å². The molecule has 0 spiro atoms. The molecule has 2 N–H and O–H groups in total. The summed E-state index contributed by atoms with van der Waals surface area (Å²) in [5.74, 6) is 1.12. The van der Waals surface area contributed by atoms with Crippen LogP contribution in [0.2, 0.25) is 0 Å². The molecule has 0 amide bonds. The first-order valence-electron chi connectivity index (χ1n) is 14.3. The zero-order valence-corrected chi connectivity index (χ0v) is 23.3. The van der Waals surface area contributed by atoms with Gasteiger partial charge in [-0.05, 0) is 107 Å². The van der Waals surface area contributed by atoms with Crippen molar-refractivity contribution in [1.29, 1.82) is 0 Å². The van der Waals surface area contributed by atoms with Gasteiger partial charge in [0.15, 0.2) is 5.78 Å². The van der Waals surface area contributed by atoms with Crippen molar-refractivity contribution in [3.05, 3.63) is 23.3 Å². The molecule has 5 aliphatic rings. The van der Waals surface area contributed by atoms with Crippen LogP contribution in [0.5, 0.6) is 0 Å². The molecule has 1 heterocycles. The van der Waals surface area contributed by atoms with Crippen LogP contribution in [-0.2, 0) is 14.3 Å². The van der Waals surface area contributed by atoms with Crippen molar-refractivity contribution < 1.29 is 24.5 Å². The van der Waals surface area contributed by atoms with Crippen LogP contribution in [0.4, 0.5) is 0 Å². The van der Waals surface area contributed by atoms with Crippen LogP contribution >= 0.6 is 0 Å². The third kappa shape index (κ3) is 3.27. The maximum Gasteiger partial charge on any atom is 0.334 e. The highest BCUT2D eigenvalue weighted by Crippen LogP contribution is 2.73. The molecule has 5 heteroatoms.